The highest BCUT2D eigenvalue weighted by molar-refractivity contribution is 5.34. The van der Waals surface area contributed by atoms with Crippen LogP contribution >= 0.6 is 0 Å². The standard InChI is InChI=1S/C19H30O/c1-13(2)17-7-9-19(5)8-6-14(3)10-16(20)11-15(4)12-18(17)19/h6,11,13,16,20H,7-10,12H2,1-5H3/b14-6+,15-11-/t16-,19+/m0/s1. The van der Waals surface area contributed by atoms with E-state index in [2.05, 4.69) is 46.8 Å². The van der Waals surface area contributed by atoms with E-state index >= 15 is 0 Å². The van der Waals surface area contributed by atoms with E-state index in [9.17, 15) is 5.11 Å². The van der Waals surface area contributed by atoms with Gasteiger partial charge in [-0.05, 0) is 57.3 Å². The lowest BCUT2D eigenvalue weighted by Crippen LogP contribution is -2.17. The van der Waals surface area contributed by atoms with E-state index in [0.717, 1.165) is 19.3 Å². The predicted molar refractivity (Wildman–Crippen MR) is 86.6 cm³/mol. The maximum Gasteiger partial charge on any atom is 0.0760 e. The molecule has 0 aromatic carbocycles. The first-order valence-corrected chi connectivity index (χ1v) is 8.05. The number of aliphatic hydroxyl groups excluding tert-OH is 1. The van der Waals surface area contributed by atoms with Gasteiger partial charge in [-0.25, -0.2) is 0 Å². The molecule has 20 heavy (non-hydrogen) atoms. The third kappa shape index (κ3) is 3.25. The van der Waals surface area contributed by atoms with E-state index in [4.69, 9.17) is 0 Å². The average molecular weight is 274 g/mol. The van der Waals surface area contributed by atoms with Gasteiger partial charge >= 0.3 is 0 Å². The third-order valence-electron chi connectivity index (χ3n) is 5.12. The molecule has 0 aromatic heterocycles. The summed E-state index contributed by atoms with van der Waals surface area (Å²) in [4.78, 5) is 0. The molecule has 1 N–H and O–H groups in total. The topological polar surface area (TPSA) is 20.2 Å². The minimum atomic E-state index is -0.319. The molecule has 112 valence electrons. The van der Waals surface area contributed by atoms with Crippen molar-refractivity contribution in [2.45, 2.75) is 72.8 Å². The molecule has 2 rings (SSSR count). The number of hydrogen-bond donors (Lipinski definition) is 1. The van der Waals surface area contributed by atoms with Crippen molar-refractivity contribution in [1.82, 2.24) is 0 Å². The van der Waals surface area contributed by atoms with Crippen LogP contribution in [0.3, 0.4) is 0 Å². The Labute approximate surface area is 124 Å². The third-order valence-corrected chi connectivity index (χ3v) is 5.12. The molecule has 0 saturated carbocycles. The van der Waals surface area contributed by atoms with E-state index < -0.39 is 0 Å². The van der Waals surface area contributed by atoms with Gasteiger partial charge in [-0.3, -0.25) is 0 Å². The molecule has 1 heteroatoms. The summed E-state index contributed by atoms with van der Waals surface area (Å²) < 4.78 is 0. The summed E-state index contributed by atoms with van der Waals surface area (Å²) in [5.41, 5.74) is 6.30. The first-order chi connectivity index (χ1) is 9.32. The maximum atomic E-state index is 10.1. The summed E-state index contributed by atoms with van der Waals surface area (Å²) in [5.74, 6) is 0.651. The van der Waals surface area contributed by atoms with E-state index in [0.29, 0.717) is 11.3 Å². The second-order valence-electron chi connectivity index (χ2n) is 7.44. The second-order valence-corrected chi connectivity index (χ2v) is 7.44. The molecule has 2 aliphatic rings. The molecule has 0 aliphatic heterocycles. The Morgan fingerprint density at radius 1 is 1.25 bits per heavy atom. The zero-order valence-electron chi connectivity index (χ0n) is 13.8. The van der Waals surface area contributed by atoms with Crippen molar-refractivity contribution in [3.05, 3.63) is 34.4 Å². The molecule has 0 spiro atoms. The van der Waals surface area contributed by atoms with Crippen LogP contribution in [0, 0.1) is 11.3 Å². The lowest BCUT2D eigenvalue weighted by molar-refractivity contribution is 0.221. The molecule has 0 saturated heterocycles. The van der Waals surface area contributed by atoms with Gasteiger partial charge in [-0.2, -0.15) is 0 Å². The van der Waals surface area contributed by atoms with Crippen molar-refractivity contribution in [2.24, 2.45) is 11.3 Å². The molecule has 2 aliphatic carbocycles. The van der Waals surface area contributed by atoms with Crippen molar-refractivity contribution >= 4 is 0 Å². The summed E-state index contributed by atoms with van der Waals surface area (Å²) in [5, 5.41) is 10.1. The van der Waals surface area contributed by atoms with Crippen LogP contribution in [0.4, 0.5) is 0 Å². The van der Waals surface area contributed by atoms with Crippen LogP contribution in [0.15, 0.2) is 34.4 Å². The van der Waals surface area contributed by atoms with Gasteiger partial charge in [0.25, 0.3) is 0 Å². The number of allylic oxidation sites excluding steroid dienone is 4. The molecule has 0 radical (unpaired) electrons. The van der Waals surface area contributed by atoms with Gasteiger partial charge in [-0.15, -0.1) is 0 Å². The SMILES string of the molecule is C/C1=C/[C@@H](O)C/C(C)=C/C[C@]2(C)CCC(C(C)C)=C2C1. The molecule has 0 heterocycles. The average Bonchev–Trinajstić information content (AvgIpc) is 2.64. The first kappa shape index (κ1) is 15.6. The molecule has 0 fully saturated rings. The fraction of sp³-hybridized carbons (Fsp3) is 0.684. The lowest BCUT2D eigenvalue weighted by atomic mass is 9.75. The molecule has 2 atom stereocenters. The van der Waals surface area contributed by atoms with Crippen LogP contribution < -0.4 is 0 Å². The van der Waals surface area contributed by atoms with Gasteiger partial charge in [0.2, 0.25) is 0 Å². The van der Waals surface area contributed by atoms with Crippen LogP contribution in [0.1, 0.15) is 66.7 Å². The summed E-state index contributed by atoms with van der Waals surface area (Å²) >= 11 is 0. The smallest absolute Gasteiger partial charge is 0.0760 e. The summed E-state index contributed by atoms with van der Waals surface area (Å²) in [6.07, 6.45) is 9.61. The molecular weight excluding hydrogens is 244 g/mol. The van der Waals surface area contributed by atoms with Crippen molar-refractivity contribution in [1.29, 1.82) is 0 Å². The minimum absolute atomic E-state index is 0.319. The zero-order valence-corrected chi connectivity index (χ0v) is 13.8. The Balaban J connectivity index is 2.43. The molecule has 0 unspecified atom stereocenters. The van der Waals surface area contributed by atoms with Crippen molar-refractivity contribution in [3.63, 3.8) is 0 Å². The van der Waals surface area contributed by atoms with Crippen molar-refractivity contribution < 1.29 is 5.11 Å². The Morgan fingerprint density at radius 3 is 2.60 bits per heavy atom. The van der Waals surface area contributed by atoms with Gasteiger partial charge in [0.05, 0.1) is 6.10 Å². The number of aliphatic hydroxyl groups is 1. The summed E-state index contributed by atoms with van der Waals surface area (Å²) in [6, 6.07) is 0. The van der Waals surface area contributed by atoms with E-state index in [1.807, 2.05) is 0 Å². The van der Waals surface area contributed by atoms with Gasteiger partial charge in [0, 0.05) is 0 Å². The normalized spacial score (nSPS) is 37.2. The quantitative estimate of drug-likeness (QED) is 0.653. The lowest BCUT2D eigenvalue weighted by Gasteiger charge is -2.29. The highest BCUT2D eigenvalue weighted by Gasteiger charge is 2.36. The Hall–Kier alpha value is -0.820. The van der Waals surface area contributed by atoms with Gasteiger partial charge < -0.3 is 5.11 Å². The van der Waals surface area contributed by atoms with Crippen molar-refractivity contribution in [3.8, 4) is 0 Å². The van der Waals surface area contributed by atoms with Gasteiger partial charge in [0.1, 0.15) is 0 Å². The first-order valence-electron chi connectivity index (χ1n) is 8.05. The molecule has 0 aromatic rings. The van der Waals surface area contributed by atoms with Crippen LogP contribution in [0.5, 0.6) is 0 Å². The number of rotatable bonds is 1. The number of hydrogen-bond acceptors (Lipinski definition) is 1. The van der Waals surface area contributed by atoms with Crippen LogP contribution in [0.25, 0.3) is 0 Å². The van der Waals surface area contributed by atoms with Crippen molar-refractivity contribution in [2.75, 3.05) is 0 Å². The Bertz CT molecular complexity index is 464. The monoisotopic (exact) mass is 274 g/mol. The van der Waals surface area contributed by atoms with Crippen LogP contribution in [-0.2, 0) is 0 Å². The fourth-order valence-electron chi connectivity index (χ4n) is 3.83. The van der Waals surface area contributed by atoms with Gasteiger partial charge in [0.15, 0.2) is 0 Å². The maximum absolute atomic E-state index is 10.1. The minimum Gasteiger partial charge on any atom is -0.389 e. The summed E-state index contributed by atoms with van der Waals surface area (Å²) in [6.45, 7) is 11.4. The fourth-order valence-corrected chi connectivity index (χ4v) is 3.83. The predicted octanol–water partition coefficient (Wildman–Crippen LogP) is 5.18. The van der Waals surface area contributed by atoms with E-state index in [1.165, 1.54) is 24.0 Å². The number of fused-ring (bicyclic) bond motifs is 1. The highest BCUT2D eigenvalue weighted by atomic mass is 16.3. The van der Waals surface area contributed by atoms with Gasteiger partial charge in [-0.1, -0.05) is 55.2 Å². The molecular formula is C19H30O. The molecule has 0 bridgehead atoms. The Morgan fingerprint density at radius 2 is 1.95 bits per heavy atom. The largest absolute Gasteiger partial charge is 0.389 e. The Kier molecular flexibility index (Phi) is 4.59. The zero-order chi connectivity index (χ0) is 14.9. The van der Waals surface area contributed by atoms with E-state index in [-0.39, 0.29) is 6.10 Å². The van der Waals surface area contributed by atoms with Crippen LogP contribution in [-0.4, -0.2) is 11.2 Å². The molecule has 0 amide bonds. The van der Waals surface area contributed by atoms with E-state index in [1.54, 1.807) is 11.1 Å². The van der Waals surface area contributed by atoms with Crippen LogP contribution in [0.2, 0.25) is 0 Å². The molecule has 1 nitrogen and oxygen atoms in total. The highest BCUT2D eigenvalue weighted by Crippen LogP contribution is 2.50. The summed E-state index contributed by atoms with van der Waals surface area (Å²) in [7, 11) is 0. The second kappa shape index (κ2) is 5.89.